The van der Waals surface area contributed by atoms with Crippen LogP contribution in [0.5, 0.6) is 0 Å². The predicted molar refractivity (Wildman–Crippen MR) is 50.8 cm³/mol. The van der Waals surface area contributed by atoms with Crippen molar-refractivity contribution >= 4 is 16.5 Å². The molecule has 3 nitrogen and oxygen atoms in total. The number of hydrogen-bond donors (Lipinski definition) is 1. The van der Waals surface area contributed by atoms with E-state index in [9.17, 15) is 13.2 Å². The molecule has 0 saturated heterocycles. The van der Waals surface area contributed by atoms with Gasteiger partial charge in [0, 0.05) is 5.54 Å². The number of anilines is 1. The van der Waals surface area contributed by atoms with Crippen molar-refractivity contribution in [1.29, 1.82) is 0 Å². The summed E-state index contributed by atoms with van der Waals surface area (Å²) in [5, 5.41) is 8.95. The van der Waals surface area contributed by atoms with Gasteiger partial charge in [-0.25, -0.2) is 0 Å². The van der Waals surface area contributed by atoms with Crippen molar-refractivity contribution in [3.8, 4) is 0 Å². The lowest BCUT2D eigenvalue weighted by Gasteiger charge is -2.38. The smallest absolute Gasteiger partial charge is 0.355 e. The van der Waals surface area contributed by atoms with Crippen molar-refractivity contribution in [1.82, 2.24) is 10.2 Å². The van der Waals surface area contributed by atoms with Gasteiger partial charge in [0.1, 0.15) is 0 Å². The fraction of sp³-hybridized carbons (Fsp3) is 0.750. The van der Waals surface area contributed by atoms with Gasteiger partial charge in [-0.1, -0.05) is 11.3 Å². The number of hydrogen-bond acceptors (Lipinski definition) is 4. The molecule has 15 heavy (non-hydrogen) atoms. The fourth-order valence-electron chi connectivity index (χ4n) is 1.48. The number of alkyl halides is 3. The van der Waals surface area contributed by atoms with Gasteiger partial charge < -0.3 is 5.32 Å². The standard InChI is InChI=1S/C8H10F3N3S/c1-7(3-2-4-7)12-6-14-13-5(15-6)8(9,10)11/h2-4H2,1H3,(H,12,14). The topological polar surface area (TPSA) is 37.8 Å². The van der Waals surface area contributed by atoms with Crippen LogP contribution >= 0.6 is 11.3 Å². The van der Waals surface area contributed by atoms with E-state index >= 15 is 0 Å². The molecule has 1 saturated carbocycles. The number of aromatic nitrogens is 2. The molecule has 1 N–H and O–H groups in total. The average molecular weight is 237 g/mol. The Kier molecular flexibility index (Phi) is 2.37. The zero-order valence-electron chi connectivity index (χ0n) is 8.06. The summed E-state index contributed by atoms with van der Waals surface area (Å²) < 4.78 is 36.6. The first-order chi connectivity index (χ1) is 6.89. The molecule has 0 spiro atoms. The van der Waals surface area contributed by atoms with Crippen LogP contribution in [-0.2, 0) is 6.18 Å². The van der Waals surface area contributed by atoms with E-state index in [1.54, 1.807) is 0 Å². The molecule has 0 unspecified atom stereocenters. The maximum absolute atomic E-state index is 12.2. The average Bonchev–Trinajstić information content (AvgIpc) is 2.49. The molecule has 1 aromatic heterocycles. The number of halogens is 3. The van der Waals surface area contributed by atoms with Gasteiger partial charge >= 0.3 is 6.18 Å². The lowest BCUT2D eigenvalue weighted by Crippen LogP contribution is -2.41. The van der Waals surface area contributed by atoms with Gasteiger partial charge in [-0.05, 0) is 26.2 Å². The molecule has 1 heterocycles. The van der Waals surface area contributed by atoms with Gasteiger partial charge in [-0.2, -0.15) is 13.2 Å². The molecule has 1 aliphatic rings. The van der Waals surface area contributed by atoms with Crippen LogP contribution in [0.4, 0.5) is 18.3 Å². The monoisotopic (exact) mass is 237 g/mol. The molecule has 0 aliphatic heterocycles. The first kappa shape index (κ1) is 10.7. The highest BCUT2D eigenvalue weighted by Gasteiger charge is 2.37. The largest absolute Gasteiger partial charge is 0.445 e. The molecule has 0 bridgehead atoms. The van der Waals surface area contributed by atoms with E-state index < -0.39 is 11.2 Å². The summed E-state index contributed by atoms with van der Waals surface area (Å²) >= 11 is 0.558. The Labute approximate surface area is 88.7 Å². The molecule has 2 rings (SSSR count). The lowest BCUT2D eigenvalue weighted by molar-refractivity contribution is -0.138. The van der Waals surface area contributed by atoms with Crippen molar-refractivity contribution in [3.63, 3.8) is 0 Å². The summed E-state index contributed by atoms with van der Waals surface area (Å²) in [5.41, 5.74) is -0.0948. The van der Waals surface area contributed by atoms with Crippen molar-refractivity contribution in [2.45, 2.75) is 37.9 Å². The maximum atomic E-state index is 12.2. The van der Waals surface area contributed by atoms with Gasteiger partial charge in [0.05, 0.1) is 0 Å². The zero-order chi connectivity index (χ0) is 11.1. The molecule has 7 heteroatoms. The molecule has 84 valence electrons. The van der Waals surface area contributed by atoms with Crippen LogP contribution in [0.25, 0.3) is 0 Å². The minimum atomic E-state index is -4.39. The minimum Gasteiger partial charge on any atom is -0.355 e. The highest BCUT2D eigenvalue weighted by molar-refractivity contribution is 7.15. The summed E-state index contributed by atoms with van der Waals surface area (Å²) in [6.45, 7) is 1.98. The van der Waals surface area contributed by atoms with Crippen LogP contribution < -0.4 is 5.32 Å². The third-order valence-electron chi connectivity index (χ3n) is 2.53. The van der Waals surface area contributed by atoms with Gasteiger partial charge in [0.2, 0.25) is 10.1 Å². The molecular formula is C8H10F3N3S. The normalized spacial score (nSPS) is 19.7. The second kappa shape index (κ2) is 3.33. The Balaban J connectivity index is 2.07. The third kappa shape index (κ3) is 2.22. The molecule has 0 amide bonds. The van der Waals surface area contributed by atoms with Crippen LogP contribution in [0.1, 0.15) is 31.2 Å². The van der Waals surface area contributed by atoms with E-state index in [1.165, 1.54) is 0 Å². The van der Waals surface area contributed by atoms with Crippen LogP contribution in [0.2, 0.25) is 0 Å². The molecular weight excluding hydrogens is 227 g/mol. The quantitative estimate of drug-likeness (QED) is 0.859. The molecule has 0 atom stereocenters. The Bertz CT molecular complexity index is 356. The van der Waals surface area contributed by atoms with Gasteiger partial charge in [-0.3, -0.25) is 0 Å². The van der Waals surface area contributed by atoms with E-state index in [0.29, 0.717) is 11.3 Å². The second-order valence-electron chi connectivity index (χ2n) is 3.95. The summed E-state index contributed by atoms with van der Waals surface area (Å²) in [5.74, 6) is 0. The van der Waals surface area contributed by atoms with Crippen molar-refractivity contribution < 1.29 is 13.2 Å². The molecule has 1 aromatic rings. The van der Waals surface area contributed by atoms with Crippen LogP contribution in [0.15, 0.2) is 0 Å². The van der Waals surface area contributed by atoms with Crippen molar-refractivity contribution in [2.24, 2.45) is 0 Å². The van der Waals surface area contributed by atoms with Gasteiger partial charge in [0.25, 0.3) is 0 Å². The van der Waals surface area contributed by atoms with Gasteiger partial charge in [-0.15, -0.1) is 10.2 Å². The second-order valence-corrected chi connectivity index (χ2v) is 4.93. The Hall–Kier alpha value is -0.850. The van der Waals surface area contributed by atoms with Crippen LogP contribution in [0, 0.1) is 0 Å². The van der Waals surface area contributed by atoms with E-state index in [-0.39, 0.29) is 10.7 Å². The van der Waals surface area contributed by atoms with E-state index in [0.717, 1.165) is 19.3 Å². The molecule has 1 fully saturated rings. The summed E-state index contributed by atoms with van der Waals surface area (Å²) in [6.07, 6.45) is -1.35. The third-order valence-corrected chi connectivity index (χ3v) is 3.42. The number of nitrogens with zero attached hydrogens (tertiary/aromatic N) is 2. The summed E-state index contributed by atoms with van der Waals surface area (Å²) in [7, 11) is 0. The SMILES string of the molecule is CC1(Nc2nnc(C(F)(F)F)s2)CCC1. The van der Waals surface area contributed by atoms with Gasteiger partial charge in [0.15, 0.2) is 0 Å². The summed E-state index contributed by atoms with van der Waals surface area (Å²) in [4.78, 5) is 0. The summed E-state index contributed by atoms with van der Waals surface area (Å²) in [6, 6.07) is 0. The first-order valence-corrected chi connectivity index (χ1v) is 5.40. The highest BCUT2D eigenvalue weighted by Crippen LogP contribution is 2.38. The zero-order valence-corrected chi connectivity index (χ0v) is 8.87. The van der Waals surface area contributed by atoms with Crippen LogP contribution in [-0.4, -0.2) is 15.7 Å². The highest BCUT2D eigenvalue weighted by atomic mass is 32.1. The van der Waals surface area contributed by atoms with Crippen LogP contribution in [0.3, 0.4) is 0 Å². The lowest BCUT2D eigenvalue weighted by atomic mass is 9.79. The first-order valence-electron chi connectivity index (χ1n) is 4.58. The van der Waals surface area contributed by atoms with Crippen molar-refractivity contribution in [3.05, 3.63) is 5.01 Å². The number of nitrogens with one attached hydrogen (secondary N) is 1. The fourth-order valence-corrected chi connectivity index (χ4v) is 2.24. The predicted octanol–water partition coefficient (Wildman–Crippen LogP) is 2.91. The molecule has 0 aromatic carbocycles. The van der Waals surface area contributed by atoms with E-state index in [1.807, 2.05) is 6.92 Å². The Morgan fingerprint density at radius 3 is 2.40 bits per heavy atom. The maximum Gasteiger partial charge on any atom is 0.445 e. The number of rotatable bonds is 2. The van der Waals surface area contributed by atoms with E-state index in [4.69, 9.17) is 0 Å². The Morgan fingerprint density at radius 2 is 2.00 bits per heavy atom. The molecule has 1 aliphatic carbocycles. The van der Waals surface area contributed by atoms with Crippen molar-refractivity contribution in [2.75, 3.05) is 5.32 Å². The Morgan fingerprint density at radius 1 is 1.33 bits per heavy atom. The molecule has 0 radical (unpaired) electrons. The van der Waals surface area contributed by atoms with E-state index in [2.05, 4.69) is 15.5 Å². The minimum absolute atomic E-state index is 0.0948.